The largest absolute Gasteiger partial charge is 0.467 e. The number of esters is 1. The van der Waals surface area contributed by atoms with Crippen LogP contribution in [0.4, 0.5) is 0 Å². The summed E-state index contributed by atoms with van der Waals surface area (Å²) in [5, 5.41) is 2.75. The molecule has 1 amide bonds. The maximum Gasteiger partial charge on any atom is 0.328 e. The summed E-state index contributed by atoms with van der Waals surface area (Å²) in [6.45, 7) is 6.37. The predicted octanol–water partition coefficient (Wildman–Crippen LogP) is 1.07. The van der Waals surface area contributed by atoms with Crippen molar-refractivity contribution in [1.82, 2.24) is 5.32 Å². The van der Waals surface area contributed by atoms with Gasteiger partial charge in [-0.05, 0) is 18.4 Å². The van der Waals surface area contributed by atoms with Crippen molar-refractivity contribution in [2.24, 2.45) is 17.6 Å². The number of carbonyl (C=O) groups is 2. The number of nitrogens with two attached hydrogens (primary N) is 1. The lowest BCUT2D eigenvalue weighted by Crippen LogP contribution is -2.46. The van der Waals surface area contributed by atoms with Crippen LogP contribution in [0.1, 0.15) is 40.0 Å². The van der Waals surface area contributed by atoms with Gasteiger partial charge in [0.25, 0.3) is 0 Å². The molecule has 0 aromatic rings. The van der Waals surface area contributed by atoms with Crippen LogP contribution in [0, 0.1) is 11.8 Å². The predicted molar refractivity (Wildman–Crippen MR) is 70.9 cm³/mol. The smallest absolute Gasteiger partial charge is 0.328 e. The van der Waals surface area contributed by atoms with Gasteiger partial charge in [0.1, 0.15) is 6.04 Å². The fourth-order valence-corrected chi connectivity index (χ4v) is 1.69. The van der Waals surface area contributed by atoms with E-state index >= 15 is 0 Å². The van der Waals surface area contributed by atoms with Crippen LogP contribution in [-0.4, -0.2) is 31.6 Å². The van der Waals surface area contributed by atoms with Crippen LogP contribution in [-0.2, 0) is 14.3 Å². The molecule has 0 saturated heterocycles. The van der Waals surface area contributed by atoms with E-state index in [9.17, 15) is 9.59 Å². The molecule has 0 radical (unpaired) electrons. The fourth-order valence-electron chi connectivity index (χ4n) is 1.69. The molecule has 0 heterocycles. The molecule has 0 aliphatic rings. The normalized spacial score (nSPS) is 15.6. The van der Waals surface area contributed by atoms with E-state index in [1.807, 2.05) is 20.8 Å². The van der Waals surface area contributed by atoms with E-state index in [1.54, 1.807) is 0 Å². The van der Waals surface area contributed by atoms with Gasteiger partial charge in [0.2, 0.25) is 5.91 Å². The summed E-state index contributed by atoms with van der Waals surface area (Å²) in [6, 6.07) is -0.567. The monoisotopic (exact) mass is 258 g/mol. The number of nitrogens with one attached hydrogen (secondary N) is 1. The molecule has 0 aliphatic carbocycles. The van der Waals surface area contributed by atoms with Gasteiger partial charge in [-0.25, -0.2) is 4.79 Å². The minimum atomic E-state index is -0.567. The lowest BCUT2D eigenvalue weighted by atomic mass is 9.97. The van der Waals surface area contributed by atoms with Crippen LogP contribution in [0.15, 0.2) is 0 Å². The zero-order chi connectivity index (χ0) is 14.1. The summed E-state index contributed by atoms with van der Waals surface area (Å²) in [4.78, 5) is 23.5. The van der Waals surface area contributed by atoms with Gasteiger partial charge >= 0.3 is 5.97 Å². The highest BCUT2D eigenvalue weighted by Crippen LogP contribution is 2.11. The summed E-state index contributed by atoms with van der Waals surface area (Å²) in [5.74, 6) is -0.305. The molecular weight excluding hydrogens is 232 g/mol. The van der Waals surface area contributed by atoms with E-state index in [1.165, 1.54) is 7.11 Å². The lowest BCUT2D eigenvalue weighted by molar-refractivity contribution is -0.146. The number of hydrogen-bond donors (Lipinski definition) is 2. The molecule has 106 valence electrons. The first-order chi connectivity index (χ1) is 8.49. The van der Waals surface area contributed by atoms with Gasteiger partial charge < -0.3 is 15.8 Å². The zero-order valence-corrected chi connectivity index (χ0v) is 11.9. The molecule has 0 bridgehead atoms. The van der Waals surface area contributed by atoms with Crippen molar-refractivity contribution in [1.29, 1.82) is 0 Å². The number of ether oxygens (including phenoxy) is 1. The first-order valence-electron chi connectivity index (χ1n) is 6.57. The maximum absolute atomic E-state index is 11.8. The summed E-state index contributed by atoms with van der Waals surface area (Å²) >= 11 is 0. The number of hydrogen-bond acceptors (Lipinski definition) is 4. The Morgan fingerprint density at radius 1 is 1.28 bits per heavy atom. The van der Waals surface area contributed by atoms with Gasteiger partial charge in [0.05, 0.1) is 7.11 Å². The minimum Gasteiger partial charge on any atom is -0.467 e. The Kier molecular flexibility index (Phi) is 8.37. The molecular formula is C13H26N2O3. The molecule has 0 spiro atoms. The minimum absolute atomic E-state index is 0.0550. The second-order valence-corrected chi connectivity index (χ2v) is 4.67. The first-order valence-corrected chi connectivity index (χ1v) is 6.57. The molecule has 3 atom stereocenters. The molecule has 0 rings (SSSR count). The Labute approximate surface area is 109 Å². The average molecular weight is 258 g/mol. The van der Waals surface area contributed by atoms with Crippen LogP contribution in [0.3, 0.4) is 0 Å². The van der Waals surface area contributed by atoms with E-state index in [-0.39, 0.29) is 17.7 Å². The second kappa shape index (κ2) is 8.91. The summed E-state index contributed by atoms with van der Waals surface area (Å²) in [5.41, 5.74) is 5.56. The second-order valence-electron chi connectivity index (χ2n) is 4.67. The van der Waals surface area contributed by atoms with Crippen LogP contribution in [0.5, 0.6) is 0 Å². The molecule has 18 heavy (non-hydrogen) atoms. The Balaban J connectivity index is 4.48. The molecule has 0 aliphatic heterocycles. The van der Waals surface area contributed by atoms with Gasteiger partial charge in [-0.1, -0.05) is 33.6 Å². The molecule has 0 aromatic heterocycles. The van der Waals surface area contributed by atoms with E-state index in [4.69, 9.17) is 10.5 Å². The Morgan fingerprint density at radius 2 is 1.89 bits per heavy atom. The van der Waals surface area contributed by atoms with Crippen molar-refractivity contribution < 1.29 is 14.3 Å². The number of amides is 1. The van der Waals surface area contributed by atoms with Crippen LogP contribution in [0.25, 0.3) is 0 Å². The van der Waals surface area contributed by atoms with Crippen molar-refractivity contribution >= 4 is 11.9 Å². The summed E-state index contributed by atoms with van der Waals surface area (Å²) in [7, 11) is 1.33. The fraction of sp³-hybridized carbons (Fsp3) is 0.846. The molecule has 0 fully saturated rings. The molecule has 3 unspecified atom stereocenters. The number of rotatable bonds is 8. The number of carbonyl (C=O) groups excluding carboxylic acids is 2. The highest BCUT2D eigenvalue weighted by atomic mass is 16.5. The topological polar surface area (TPSA) is 81.4 Å². The number of methoxy groups -OCH3 is 1. The summed E-state index contributed by atoms with van der Waals surface area (Å²) in [6.07, 6.45) is 2.02. The maximum atomic E-state index is 11.8. The Bertz CT molecular complexity index is 265. The van der Waals surface area contributed by atoms with E-state index in [0.717, 1.165) is 12.8 Å². The van der Waals surface area contributed by atoms with Crippen molar-refractivity contribution in [3.05, 3.63) is 0 Å². The molecule has 3 N–H and O–H groups in total. The van der Waals surface area contributed by atoms with E-state index in [0.29, 0.717) is 13.0 Å². The van der Waals surface area contributed by atoms with Gasteiger partial charge in [-0.3, -0.25) is 4.79 Å². The van der Waals surface area contributed by atoms with Crippen molar-refractivity contribution in [2.45, 2.75) is 46.1 Å². The van der Waals surface area contributed by atoms with Crippen molar-refractivity contribution in [2.75, 3.05) is 13.7 Å². The molecule has 5 nitrogen and oxygen atoms in total. The highest BCUT2D eigenvalue weighted by Gasteiger charge is 2.27. The highest BCUT2D eigenvalue weighted by molar-refractivity contribution is 5.84. The Hall–Kier alpha value is -1.10. The van der Waals surface area contributed by atoms with Gasteiger partial charge in [-0.2, -0.15) is 0 Å². The third kappa shape index (κ3) is 5.49. The zero-order valence-electron chi connectivity index (χ0n) is 11.9. The first kappa shape index (κ1) is 16.9. The van der Waals surface area contributed by atoms with E-state index in [2.05, 4.69) is 5.32 Å². The van der Waals surface area contributed by atoms with Gasteiger partial charge in [-0.15, -0.1) is 0 Å². The van der Waals surface area contributed by atoms with E-state index < -0.39 is 12.0 Å². The standard InChI is InChI=1S/C13H26N2O3/c1-5-9(3)12(13(17)18-4)15-11(16)7-10(6-2)8-14/h9-10,12H,5-8,14H2,1-4H3,(H,15,16). The van der Waals surface area contributed by atoms with Gasteiger partial charge in [0.15, 0.2) is 0 Å². The molecule has 0 saturated carbocycles. The Morgan fingerprint density at radius 3 is 2.28 bits per heavy atom. The molecule has 0 aromatic carbocycles. The van der Waals surface area contributed by atoms with Crippen LogP contribution in [0.2, 0.25) is 0 Å². The SMILES string of the molecule is CCC(CN)CC(=O)NC(C(=O)OC)C(C)CC. The lowest BCUT2D eigenvalue weighted by Gasteiger charge is -2.22. The van der Waals surface area contributed by atoms with Gasteiger partial charge in [0, 0.05) is 6.42 Å². The average Bonchev–Trinajstić information content (AvgIpc) is 2.40. The third-order valence-corrected chi connectivity index (χ3v) is 3.37. The third-order valence-electron chi connectivity index (χ3n) is 3.37. The van der Waals surface area contributed by atoms with Crippen LogP contribution >= 0.6 is 0 Å². The van der Waals surface area contributed by atoms with Crippen molar-refractivity contribution in [3.63, 3.8) is 0 Å². The van der Waals surface area contributed by atoms with Crippen molar-refractivity contribution in [3.8, 4) is 0 Å². The van der Waals surface area contributed by atoms with Crippen LogP contribution < -0.4 is 11.1 Å². The quantitative estimate of drug-likeness (QED) is 0.638. The summed E-state index contributed by atoms with van der Waals surface area (Å²) < 4.78 is 4.72. The molecule has 5 heteroatoms.